The number of nitriles is 1. The highest BCUT2D eigenvalue weighted by Gasteiger charge is 2.45. The third-order valence-electron chi connectivity index (χ3n) is 10.2. The molecule has 5 heterocycles. The molecule has 220 valence electrons. The highest BCUT2D eigenvalue weighted by atomic mass is 16.5. The van der Waals surface area contributed by atoms with Crippen LogP contribution in [0.2, 0.25) is 0 Å². The molecule has 0 saturated carbocycles. The fraction of sp³-hybridized carbons (Fsp3) is 0.342. The van der Waals surface area contributed by atoms with Gasteiger partial charge in [0.15, 0.2) is 0 Å². The first-order chi connectivity index (χ1) is 21.5. The zero-order chi connectivity index (χ0) is 29.8. The van der Waals surface area contributed by atoms with Crippen molar-refractivity contribution in [2.45, 2.75) is 69.5 Å². The number of fused-ring (bicyclic) bond motifs is 4. The second-order valence-corrected chi connectivity index (χ2v) is 13.3. The zero-order valence-electron chi connectivity index (χ0n) is 25.4. The molecule has 8 rings (SSSR count). The summed E-state index contributed by atoms with van der Waals surface area (Å²) in [5.41, 5.74) is 10.7. The van der Waals surface area contributed by atoms with E-state index in [1.165, 1.54) is 36.0 Å². The van der Waals surface area contributed by atoms with Crippen LogP contribution in [0.5, 0.6) is 0 Å². The fourth-order valence-electron chi connectivity index (χ4n) is 7.74. The van der Waals surface area contributed by atoms with Crippen molar-refractivity contribution in [3.05, 3.63) is 95.9 Å². The van der Waals surface area contributed by atoms with Crippen LogP contribution < -0.4 is 0 Å². The molecule has 2 fully saturated rings. The van der Waals surface area contributed by atoms with Gasteiger partial charge in [-0.25, -0.2) is 4.98 Å². The van der Waals surface area contributed by atoms with E-state index in [1.54, 1.807) is 6.20 Å². The molecule has 2 saturated heterocycles. The Balaban J connectivity index is 1.06. The van der Waals surface area contributed by atoms with E-state index in [2.05, 4.69) is 75.7 Å². The first-order valence-electron chi connectivity index (χ1n) is 15.9. The van der Waals surface area contributed by atoms with Crippen molar-refractivity contribution < 1.29 is 4.74 Å². The summed E-state index contributed by atoms with van der Waals surface area (Å²) in [7, 11) is 0. The minimum Gasteiger partial charge on any atom is -0.378 e. The van der Waals surface area contributed by atoms with E-state index in [0.29, 0.717) is 18.1 Å². The van der Waals surface area contributed by atoms with Crippen molar-refractivity contribution in [2.75, 3.05) is 13.2 Å². The zero-order valence-corrected chi connectivity index (χ0v) is 25.4. The maximum Gasteiger partial charge on any atom is 0.137 e. The second kappa shape index (κ2) is 10.7. The summed E-state index contributed by atoms with van der Waals surface area (Å²) in [6.45, 7) is 5.70. The lowest BCUT2D eigenvalue weighted by Gasteiger charge is -2.56. The standard InChI is InChI=1S/C38H37N5O/c1-38(2,23-39)35-4-3-15-40-36(35)26-8-6-25(7-9-26)34-20-42-37-33(34)17-29(19-41-37)28-10-5-24-11-13-30(14-12-27(24)16-28)43-31-18-32(43)22-44-21-31/h3-10,15-17,19-20,30-32H,11-14,18,21-22H2,1-2H3,(H,41,42). The molecule has 0 spiro atoms. The molecule has 6 nitrogen and oxygen atoms in total. The number of H-pyrrole nitrogens is 1. The smallest absolute Gasteiger partial charge is 0.137 e. The van der Waals surface area contributed by atoms with Gasteiger partial charge in [-0.15, -0.1) is 0 Å². The van der Waals surface area contributed by atoms with Gasteiger partial charge in [0.1, 0.15) is 5.65 Å². The Morgan fingerprint density at radius 2 is 1.61 bits per heavy atom. The van der Waals surface area contributed by atoms with Gasteiger partial charge in [0.2, 0.25) is 0 Å². The quantitative estimate of drug-likeness (QED) is 0.219. The van der Waals surface area contributed by atoms with Crippen molar-refractivity contribution in [1.82, 2.24) is 19.9 Å². The van der Waals surface area contributed by atoms with Gasteiger partial charge >= 0.3 is 0 Å². The van der Waals surface area contributed by atoms with Crippen molar-refractivity contribution in [3.8, 4) is 39.6 Å². The molecular weight excluding hydrogens is 542 g/mol. The highest BCUT2D eigenvalue weighted by Crippen LogP contribution is 2.39. The highest BCUT2D eigenvalue weighted by molar-refractivity contribution is 5.96. The van der Waals surface area contributed by atoms with Crippen LogP contribution in [0, 0.1) is 11.3 Å². The molecule has 6 heteroatoms. The van der Waals surface area contributed by atoms with Crippen molar-refractivity contribution >= 4 is 11.0 Å². The molecule has 44 heavy (non-hydrogen) atoms. The minimum absolute atomic E-state index is 0.623. The summed E-state index contributed by atoms with van der Waals surface area (Å²) in [6.07, 6.45) is 11.9. The second-order valence-electron chi connectivity index (χ2n) is 13.3. The Bertz CT molecular complexity index is 1890. The topological polar surface area (TPSA) is 77.8 Å². The van der Waals surface area contributed by atoms with Crippen LogP contribution in [0.15, 0.2) is 79.3 Å². The normalized spacial score (nSPS) is 21.7. The number of ether oxygens (including phenoxy) is 1. The van der Waals surface area contributed by atoms with Crippen LogP contribution in [0.3, 0.4) is 0 Å². The summed E-state index contributed by atoms with van der Waals surface area (Å²) in [6, 6.07) is 26.1. The molecule has 0 radical (unpaired) electrons. The molecule has 3 aromatic heterocycles. The molecule has 3 aliphatic rings. The van der Waals surface area contributed by atoms with Gasteiger partial charge in [-0.1, -0.05) is 48.5 Å². The fourth-order valence-corrected chi connectivity index (χ4v) is 7.74. The van der Waals surface area contributed by atoms with Crippen molar-refractivity contribution in [3.63, 3.8) is 0 Å². The summed E-state index contributed by atoms with van der Waals surface area (Å²) in [5.74, 6) is 0. The molecule has 2 aliphatic heterocycles. The predicted molar refractivity (Wildman–Crippen MR) is 174 cm³/mol. The lowest BCUT2D eigenvalue weighted by atomic mass is 9.83. The average molecular weight is 580 g/mol. The molecule has 1 N–H and O–H groups in total. The lowest BCUT2D eigenvalue weighted by molar-refractivity contribution is -0.148. The number of pyridine rings is 2. The molecular formula is C38H37N5O. The summed E-state index contributed by atoms with van der Waals surface area (Å²) < 4.78 is 5.75. The number of nitrogens with zero attached hydrogens (tertiary/aromatic N) is 4. The number of morpholine rings is 1. The summed E-state index contributed by atoms with van der Waals surface area (Å²) >= 11 is 0. The first-order valence-corrected chi connectivity index (χ1v) is 15.9. The molecule has 2 bridgehead atoms. The number of aryl methyl sites for hydroxylation is 2. The van der Waals surface area contributed by atoms with Gasteiger partial charge in [0, 0.05) is 58.8 Å². The molecule has 1 aliphatic carbocycles. The van der Waals surface area contributed by atoms with Crippen molar-refractivity contribution in [1.29, 1.82) is 5.26 Å². The Morgan fingerprint density at radius 3 is 2.39 bits per heavy atom. The van der Waals surface area contributed by atoms with Gasteiger partial charge < -0.3 is 9.72 Å². The third kappa shape index (κ3) is 4.63. The van der Waals surface area contributed by atoms with Gasteiger partial charge in [0.05, 0.1) is 30.4 Å². The maximum absolute atomic E-state index is 9.74. The molecule has 0 amide bonds. The number of nitrogens with one attached hydrogen (secondary N) is 1. The number of rotatable bonds is 5. The summed E-state index contributed by atoms with van der Waals surface area (Å²) in [5, 5.41) is 10.9. The Morgan fingerprint density at radius 1 is 0.864 bits per heavy atom. The summed E-state index contributed by atoms with van der Waals surface area (Å²) in [4.78, 5) is 15.6. The number of hydrogen-bond donors (Lipinski definition) is 1. The SMILES string of the molecule is CC(C)(C#N)c1cccnc1-c1ccc(-c2c[nH]c3ncc(-c4ccc5c(c4)CCC(N4C6COCC4C6)CC5)cc23)cc1. The van der Waals surface area contributed by atoms with Crippen molar-refractivity contribution in [2.24, 2.45) is 0 Å². The van der Waals surface area contributed by atoms with E-state index < -0.39 is 5.41 Å². The number of aromatic amines is 1. The van der Waals surface area contributed by atoms with Crippen LogP contribution in [0.25, 0.3) is 44.5 Å². The van der Waals surface area contributed by atoms with E-state index in [4.69, 9.17) is 9.72 Å². The average Bonchev–Trinajstić information content (AvgIpc) is 3.39. The van der Waals surface area contributed by atoms with Gasteiger partial charge in [-0.2, -0.15) is 5.26 Å². The van der Waals surface area contributed by atoms with Crippen LogP contribution in [0.1, 0.15) is 49.8 Å². The van der Waals surface area contributed by atoms with E-state index >= 15 is 0 Å². The lowest BCUT2D eigenvalue weighted by Crippen LogP contribution is -2.66. The van der Waals surface area contributed by atoms with E-state index in [9.17, 15) is 5.26 Å². The van der Waals surface area contributed by atoms with Crippen LogP contribution in [-0.4, -0.2) is 51.2 Å². The van der Waals surface area contributed by atoms with Crippen LogP contribution >= 0.6 is 0 Å². The van der Waals surface area contributed by atoms with Crippen LogP contribution in [-0.2, 0) is 23.0 Å². The molecule has 3 atom stereocenters. The van der Waals surface area contributed by atoms with E-state index in [-0.39, 0.29) is 0 Å². The Kier molecular flexibility index (Phi) is 6.62. The number of benzene rings is 2. The maximum atomic E-state index is 9.74. The Labute approximate surface area is 258 Å². The van der Waals surface area contributed by atoms with E-state index in [1.807, 2.05) is 32.2 Å². The minimum atomic E-state index is -0.623. The van der Waals surface area contributed by atoms with Crippen LogP contribution in [0.4, 0.5) is 0 Å². The largest absolute Gasteiger partial charge is 0.378 e. The third-order valence-corrected chi connectivity index (χ3v) is 10.2. The molecule has 2 aromatic carbocycles. The predicted octanol–water partition coefficient (Wildman–Crippen LogP) is 7.48. The molecule has 5 aromatic rings. The Hall–Kier alpha value is -4.31. The number of hydrogen-bond acceptors (Lipinski definition) is 5. The number of aromatic nitrogens is 3. The van der Waals surface area contributed by atoms with Gasteiger partial charge in [-0.3, -0.25) is 9.88 Å². The van der Waals surface area contributed by atoms with Gasteiger partial charge in [-0.05, 0) is 85.9 Å². The monoisotopic (exact) mass is 579 g/mol. The molecule has 3 unspecified atom stereocenters. The van der Waals surface area contributed by atoms with E-state index in [0.717, 1.165) is 70.6 Å². The first kappa shape index (κ1) is 27.3. The van der Waals surface area contributed by atoms with Gasteiger partial charge in [0.25, 0.3) is 0 Å².